The molecule has 1 saturated heterocycles. The van der Waals surface area contributed by atoms with E-state index in [2.05, 4.69) is 52.1 Å². The van der Waals surface area contributed by atoms with Gasteiger partial charge in [0.2, 0.25) is 0 Å². The standard InChI is InChI=1S/C19H19N3O/c1-14-11-22(12-18(23-14)15-7-3-2-4-8-15)19-16-9-5-6-10-17(16)20-13-21-19/h2-10,13-14,18H,11-12H2,1H3. The molecule has 0 bridgehead atoms. The molecule has 3 aromatic rings. The summed E-state index contributed by atoms with van der Waals surface area (Å²) in [4.78, 5) is 11.2. The van der Waals surface area contributed by atoms with E-state index in [0.29, 0.717) is 0 Å². The Kier molecular flexibility index (Phi) is 3.67. The largest absolute Gasteiger partial charge is 0.367 e. The second-order valence-corrected chi connectivity index (χ2v) is 5.97. The summed E-state index contributed by atoms with van der Waals surface area (Å²) >= 11 is 0. The number of para-hydroxylation sites is 1. The van der Waals surface area contributed by atoms with Gasteiger partial charge in [-0.25, -0.2) is 9.97 Å². The molecule has 0 saturated carbocycles. The zero-order valence-corrected chi connectivity index (χ0v) is 13.1. The second-order valence-electron chi connectivity index (χ2n) is 5.97. The Morgan fingerprint density at radius 2 is 1.74 bits per heavy atom. The predicted molar refractivity (Wildman–Crippen MR) is 91.5 cm³/mol. The van der Waals surface area contributed by atoms with Crippen LogP contribution >= 0.6 is 0 Å². The number of morpholine rings is 1. The van der Waals surface area contributed by atoms with Crippen LogP contribution in [0, 0.1) is 0 Å². The third kappa shape index (κ3) is 2.78. The molecule has 0 spiro atoms. The molecule has 1 aliphatic heterocycles. The van der Waals surface area contributed by atoms with E-state index < -0.39 is 0 Å². The molecule has 1 aliphatic rings. The lowest BCUT2D eigenvalue weighted by Gasteiger charge is -2.38. The lowest BCUT2D eigenvalue weighted by Crippen LogP contribution is -2.43. The topological polar surface area (TPSA) is 38.2 Å². The molecule has 0 aliphatic carbocycles. The molecular weight excluding hydrogens is 286 g/mol. The normalized spacial score (nSPS) is 21.5. The summed E-state index contributed by atoms with van der Waals surface area (Å²) in [6.07, 6.45) is 1.87. The Hall–Kier alpha value is -2.46. The summed E-state index contributed by atoms with van der Waals surface area (Å²) in [6, 6.07) is 18.6. The third-order valence-corrected chi connectivity index (χ3v) is 4.25. The first-order chi connectivity index (χ1) is 11.3. The fourth-order valence-corrected chi connectivity index (χ4v) is 3.22. The Bertz CT molecular complexity index is 801. The fourth-order valence-electron chi connectivity index (χ4n) is 3.22. The minimum Gasteiger partial charge on any atom is -0.367 e. The maximum absolute atomic E-state index is 6.15. The molecule has 116 valence electrons. The lowest BCUT2D eigenvalue weighted by molar-refractivity contribution is -0.0175. The molecule has 4 nitrogen and oxygen atoms in total. The summed E-state index contributed by atoms with van der Waals surface area (Å²) in [5, 5.41) is 1.09. The highest BCUT2D eigenvalue weighted by molar-refractivity contribution is 5.89. The van der Waals surface area contributed by atoms with Gasteiger partial charge >= 0.3 is 0 Å². The van der Waals surface area contributed by atoms with Gasteiger partial charge in [-0.3, -0.25) is 0 Å². The minimum absolute atomic E-state index is 0.0636. The van der Waals surface area contributed by atoms with Gasteiger partial charge in [0, 0.05) is 18.5 Å². The molecule has 2 heterocycles. The molecule has 0 amide bonds. The smallest absolute Gasteiger partial charge is 0.140 e. The summed E-state index contributed by atoms with van der Waals surface area (Å²) in [6.45, 7) is 3.76. The van der Waals surface area contributed by atoms with Crippen LogP contribution in [-0.4, -0.2) is 29.2 Å². The van der Waals surface area contributed by atoms with Crippen LogP contribution in [0.3, 0.4) is 0 Å². The molecule has 4 rings (SSSR count). The van der Waals surface area contributed by atoms with Gasteiger partial charge in [0.1, 0.15) is 18.2 Å². The minimum atomic E-state index is 0.0636. The van der Waals surface area contributed by atoms with Crippen molar-refractivity contribution in [2.75, 3.05) is 18.0 Å². The summed E-state index contributed by atoms with van der Waals surface area (Å²) in [7, 11) is 0. The predicted octanol–water partition coefficient (Wildman–Crippen LogP) is 3.60. The molecule has 2 atom stereocenters. The Balaban J connectivity index is 1.70. The first-order valence-electron chi connectivity index (χ1n) is 7.96. The third-order valence-electron chi connectivity index (χ3n) is 4.25. The highest BCUT2D eigenvalue weighted by Crippen LogP contribution is 2.30. The van der Waals surface area contributed by atoms with Crippen LogP contribution in [0.15, 0.2) is 60.9 Å². The number of fused-ring (bicyclic) bond motifs is 1. The summed E-state index contributed by atoms with van der Waals surface area (Å²) in [5.41, 5.74) is 2.19. The Labute approximate surface area is 135 Å². The number of benzene rings is 2. The van der Waals surface area contributed by atoms with Gasteiger partial charge < -0.3 is 9.64 Å². The average molecular weight is 305 g/mol. The van der Waals surface area contributed by atoms with Gasteiger partial charge in [-0.05, 0) is 24.6 Å². The number of aromatic nitrogens is 2. The quantitative estimate of drug-likeness (QED) is 0.725. The van der Waals surface area contributed by atoms with E-state index in [1.54, 1.807) is 6.33 Å². The molecule has 4 heteroatoms. The number of nitrogens with zero attached hydrogens (tertiary/aromatic N) is 3. The molecule has 2 unspecified atom stereocenters. The number of ether oxygens (including phenoxy) is 1. The zero-order valence-electron chi connectivity index (χ0n) is 13.1. The van der Waals surface area contributed by atoms with Crippen LogP contribution in [-0.2, 0) is 4.74 Å². The first kappa shape index (κ1) is 14.2. The van der Waals surface area contributed by atoms with Crippen molar-refractivity contribution in [3.8, 4) is 0 Å². The Morgan fingerprint density at radius 3 is 2.61 bits per heavy atom. The van der Waals surface area contributed by atoms with E-state index in [1.807, 2.05) is 24.3 Å². The van der Waals surface area contributed by atoms with Gasteiger partial charge in [0.25, 0.3) is 0 Å². The van der Waals surface area contributed by atoms with Gasteiger partial charge in [0.05, 0.1) is 11.6 Å². The molecule has 23 heavy (non-hydrogen) atoms. The highest BCUT2D eigenvalue weighted by Gasteiger charge is 2.28. The number of hydrogen-bond donors (Lipinski definition) is 0. The van der Waals surface area contributed by atoms with Crippen molar-refractivity contribution in [3.63, 3.8) is 0 Å². The van der Waals surface area contributed by atoms with Crippen molar-refractivity contribution in [3.05, 3.63) is 66.5 Å². The van der Waals surface area contributed by atoms with Crippen molar-refractivity contribution in [2.24, 2.45) is 0 Å². The van der Waals surface area contributed by atoms with Crippen LogP contribution < -0.4 is 4.90 Å². The van der Waals surface area contributed by atoms with Crippen molar-refractivity contribution >= 4 is 16.7 Å². The van der Waals surface area contributed by atoms with Crippen molar-refractivity contribution in [1.29, 1.82) is 0 Å². The molecule has 0 N–H and O–H groups in total. The number of rotatable bonds is 2. The maximum atomic E-state index is 6.15. The van der Waals surface area contributed by atoms with Crippen LogP contribution in [0.5, 0.6) is 0 Å². The van der Waals surface area contributed by atoms with Crippen molar-refractivity contribution in [1.82, 2.24) is 9.97 Å². The highest BCUT2D eigenvalue weighted by atomic mass is 16.5. The van der Waals surface area contributed by atoms with E-state index in [1.165, 1.54) is 5.56 Å². The molecule has 1 fully saturated rings. The summed E-state index contributed by atoms with van der Waals surface area (Å²) < 4.78 is 6.15. The Morgan fingerprint density at radius 1 is 0.957 bits per heavy atom. The van der Waals surface area contributed by atoms with Gasteiger partial charge in [-0.2, -0.15) is 0 Å². The van der Waals surface area contributed by atoms with Crippen LogP contribution in [0.1, 0.15) is 18.6 Å². The first-order valence-corrected chi connectivity index (χ1v) is 7.96. The van der Waals surface area contributed by atoms with Crippen LogP contribution in [0.25, 0.3) is 10.9 Å². The van der Waals surface area contributed by atoms with E-state index in [0.717, 1.165) is 29.8 Å². The zero-order chi connectivity index (χ0) is 15.6. The van der Waals surface area contributed by atoms with Gasteiger partial charge in [-0.1, -0.05) is 42.5 Å². The second kappa shape index (κ2) is 5.97. The molecule has 0 radical (unpaired) electrons. The molecule has 2 aromatic carbocycles. The van der Waals surface area contributed by atoms with E-state index >= 15 is 0 Å². The number of anilines is 1. The van der Waals surface area contributed by atoms with Gasteiger partial charge in [-0.15, -0.1) is 0 Å². The monoisotopic (exact) mass is 305 g/mol. The van der Waals surface area contributed by atoms with Crippen molar-refractivity contribution in [2.45, 2.75) is 19.1 Å². The fraction of sp³-hybridized carbons (Fsp3) is 0.263. The van der Waals surface area contributed by atoms with Crippen molar-refractivity contribution < 1.29 is 4.74 Å². The van der Waals surface area contributed by atoms with E-state index in [4.69, 9.17) is 4.74 Å². The maximum Gasteiger partial charge on any atom is 0.140 e. The SMILES string of the molecule is CC1CN(c2ncnc3ccccc23)CC(c2ccccc2)O1. The van der Waals surface area contributed by atoms with Crippen LogP contribution in [0.2, 0.25) is 0 Å². The molecule has 1 aromatic heterocycles. The van der Waals surface area contributed by atoms with Crippen LogP contribution in [0.4, 0.5) is 5.82 Å². The van der Waals surface area contributed by atoms with Gasteiger partial charge in [0.15, 0.2) is 0 Å². The number of hydrogen-bond acceptors (Lipinski definition) is 4. The molecular formula is C19H19N3O. The van der Waals surface area contributed by atoms with E-state index in [-0.39, 0.29) is 12.2 Å². The lowest BCUT2D eigenvalue weighted by atomic mass is 10.1. The summed E-state index contributed by atoms with van der Waals surface area (Å²) in [5.74, 6) is 0.992. The average Bonchev–Trinajstić information content (AvgIpc) is 2.61. The van der Waals surface area contributed by atoms with E-state index in [9.17, 15) is 0 Å².